The van der Waals surface area contributed by atoms with Gasteiger partial charge < -0.3 is 10.2 Å². The number of aryl methyl sites for hydroxylation is 1. The highest BCUT2D eigenvalue weighted by atomic mass is 19.1. The van der Waals surface area contributed by atoms with E-state index in [2.05, 4.69) is 5.32 Å². The summed E-state index contributed by atoms with van der Waals surface area (Å²) in [7, 11) is 0. The summed E-state index contributed by atoms with van der Waals surface area (Å²) in [6.07, 6.45) is 6.29. The summed E-state index contributed by atoms with van der Waals surface area (Å²) in [4.78, 5) is 43.3. The van der Waals surface area contributed by atoms with Gasteiger partial charge in [0.2, 0.25) is 11.8 Å². The molecule has 1 heterocycles. The molecule has 2 unspecified atom stereocenters. The summed E-state index contributed by atoms with van der Waals surface area (Å²) in [6, 6.07) is 11.6. The summed E-state index contributed by atoms with van der Waals surface area (Å²) in [6.45, 7) is 3.85. The first-order valence-corrected chi connectivity index (χ1v) is 12.6. The monoisotopic (exact) mass is 479 g/mol. The van der Waals surface area contributed by atoms with Gasteiger partial charge in [-0.1, -0.05) is 49.6 Å². The largest absolute Gasteiger partial charge is 0.351 e. The molecule has 3 amide bonds. The number of likely N-dealkylation sites (tertiary alicyclic amines) is 1. The second kappa shape index (κ2) is 11.0. The molecule has 1 aliphatic carbocycles. The van der Waals surface area contributed by atoms with E-state index in [0.29, 0.717) is 30.6 Å². The molecule has 0 bridgehead atoms. The number of benzene rings is 2. The molecular formula is C28H34FN3O3. The lowest BCUT2D eigenvalue weighted by Gasteiger charge is -2.37. The molecular weight excluding hydrogens is 445 g/mol. The van der Waals surface area contributed by atoms with Gasteiger partial charge in [0.15, 0.2) is 0 Å². The van der Waals surface area contributed by atoms with Crippen LogP contribution in [0.5, 0.6) is 0 Å². The standard InChI is InChI=1S/C28H34FN3O3/c1-19-10-6-7-15-24(19)26(27(34)30-22-12-4-3-5-13-22)32(23-14-8-11-21(29)18-23)28(35)25-16-9-17-31(25)20(2)33/h6-8,10-11,14-15,18,22,25-26H,3-5,9,12-13,16-17H2,1-2H3,(H,30,34). The van der Waals surface area contributed by atoms with Gasteiger partial charge in [0.05, 0.1) is 0 Å². The number of hydrogen-bond donors (Lipinski definition) is 1. The third-order valence-electron chi connectivity index (χ3n) is 7.21. The average Bonchev–Trinajstić information content (AvgIpc) is 3.34. The Morgan fingerprint density at radius 2 is 1.74 bits per heavy atom. The third kappa shape index (κ3) is 5.55. The van der Waals surface area contributed by atoms with Crippen LogP contribution in [0.2, 0.25) is 0 Å². The number of nitrogens with zero attached hydrogens (tertiary/aromatic N) is 2. The zero-order valence-electron chi connectivity index (χ0n) is 20.5. The van der Waals surface area contributed by atoms with Crippen molar-refractivity contribution >= 4 is 23.4 Å². The zero-order valence-corrected chi connectivity index (χ0v) is 20.5. The molecule has 35 heavy (non-hydrogen) atoms. The number of carbonyl (C=O) groups is 3. The van der Waals surface area contributed by atoms with Gasteiger partial charge in [-0.2, -0.15) is 0 Å². The van der Waals surface area contributed by atoms with Crippen molar-refractivity contribution in [2.45, 2.75) is 76.9 Å². The Hall–Kier alpha value is -3.22. The minimum Gasteiger partial charge on any atom is -0.351 e. The first-order chi connectivity index (χ1) is 16.9. The van der Waals surface area contributed by atoms with E-state index < -0.39 is 17.9 Å². The Balaban J connectivity index is 1.80. The fourth-order valence-electron chi connectivity index (χ4n) is 5.41. The van der Waals surface area contributed by atoms with Crippen LogP contribution in [0, 0.1) is 12.7 Å². The number of rotatable bonds is 6. The van der Waals surface area contributed by atoms with E-state index in [0.717, 1.165) is 37.7 Å². The van der Waals surface area contributed by atoms with Crippen molar-refractivity contribution < 1.29 is 18.8 Å². The van der Waals surface area contributed by atoms with Gasteiger partial charge in [0, 0.05) is 25.2 Å². The summed E-state index contributed by atoms with van der Waals surface area (Å²) in [5.74, 6) is -1.32. The van der Waals surface area contributed by atoms with Crippen LogP contribution in [0.25, 0.3) is 0 Å². The Morgan fingerprint density at radius 1 is 1.00 bits per heavy atom. The lowest BCUT2D eigenvalue weighted by atomic mass is 9.93. The van der Waals surface area contributed by atoms with Gasteiger partial charge in [-0.15, -0.1) is 0 Å². The van der Waals surface area contributed by atoms with Crippen LogP contribution in [-0.2, 0) is 14.4 Å². The van der Waals surface area contributed by atoms with Crippen molar-refractivity contribution in [1.29, 1.82) is 0 Å². The molecule has 186 valence electrons. The van der Waals surface area contributed by atoms with Gasteiger partial charge in [-0.3, -0.25) is 19.3 Å². The maximum Gasteiger partial charge on any atom is 0.250 e. The zero-order chi connectivity index (χ0) is 24.9. The maximum absolute atomic E-state index is 14.4. The molecule has 4 rings (SSSR count). The van der Waals surface area contributed by atoms with Crippen LogP contribution in [0.15, 0.2) is 48.5 Å². The van der Waals surface area contributed by atoms with Crippen LogP contribution in [0.3, 0.4) is 0 Å². The maximum atomic E-state index is 14.4. The van der Waals surface area contributed by atoms with E-state index in [1.54, 1.807) is 11.0 Å². The first-order valence-electron chi connectivity index (χ1n) is 12.6. The molecule has 2 aliphatic rings. The van der Waals surface area contributed by atoms with E-state index in [-0.39, 0.29) is 23.8 Å². The Morgan fingerprint density at radius 3 is 2.43 bits per heavy atom. The van der Waals surface area contributed by atoms with Gasteiger partial charge in [-0.05, 0) is 61.9 Å². The fraction of sp³-hybridized carbons (Fsp3) is 0.464. The molecule has 0 radical (unpaired) electrons. The van der Waals surface area contributed by atoms with Crippen molar-refractivity contribution in [3.8, 4) is 0 Å². The predicted octanol–water partition coefficient (Wildman–Crippen LogP) is 4.67. The van der Waals surface area contributed by atoms with Crippen molar-refractivity contribution in [3.63, 3.8) is 0 Å². The normalized spacial score (nSPS) is 19.3. The second-order valence-corrected chi connectivity index (χ2v) is 9.66. The van der Waals surface area contributed by atoms with Crippen LogP contribution < -0.4 is 10.2 Å². The Labute approximate surface area is 206 Å². The van der Waals surface area contributed by atoms with Crippen molar-refractivity contribution in [2.75, 3.05) is 11.4 Å². The van der Waals surface area contributed by atoms with Gasteiger partial charge >= 0.3 is 0 Å². The summed E-state index contributed by atoms with van der Waals surface area (Å²) < 4.78 is 14.4. The van der Waals surface area contributed by atoms with Gasteiger partial charge in [-0.25, -0.2) is 4.39 Å². The van der Waals surface area contributed by atoms with E-state index in [9.17, 15) is 18.8 Å². The van der Waals surface area contributed by atoms with Crippen LogP contribution in [0.4, 0.5) is 10.1 Å². The molecule has 1 saturated heterocycles. The number of carbonyl (C=O) groups excluding carboxylic acids is 3. The minimum absolute atomic E-state index is 0.0485. The summed E-state index contributed by atoms with van der Waals surface area (Å²) >= 11 is 0. The number of halogens is 1. The van der Waals surface area contributed by atoms with Crippen molar-refractivity contribution in [3.05, 3.63) is 65.5 Å². The fourth-order valence-corrected chi connectivity index (χ4v) is 5.41. The third-order valence-corrected chi connectivity index (χ3v) is 7.21. The minimum atomic E-state index is -0.984. The molecule has 6 nitrogen and oxygen atoms in total. The topological polar surface area (TPSA) is 69.7 Å². The number of hydrogen-bond acceptors (Lipinski definition) is 3. The van der Waals surface area contributed by atoms with E-state index in [1.165, 1.54) is 30.0 Å². The van der Waals surface area contributed by atoms with E-state index in [1.807, 2.05) is 31.2 Å². The van der Waals surface area contributed by atoms with Crippen LogP contribution in [0.1, 0.15) is 69.0 Å². The lowest BCUT2D eigenvalue weighted by Crippen LogP contribution is -2.53. The highest BCUT2D eigenvalue weighted by Gasteiger charge is 2.41. The lowest BCUT2D eigenvalue weighted by molar-refractivity contribution is -0.136. The molecule has 1 saturated carbocycles. The number of anilines is 1. The first kappa shape index (κ1) is 24.9. The molecule has 2 atom stereocenters. The SMILES string of the molecule is CC(=O)N1CCCC1C(=O)N(c1cccc(F)c1)C(C(=O)NC1CCCCC1)c1ccccc1C. The summed E-state index contributed by atoms with van der Waals surface area (Å²) in [5, 5.41) is 3.18. The summed E-state index contributed by atoms with van der Waals surface area (Å²) in [5.41, 5.74) is 1.85. The Kier molecular flexibility index (Phi) is 7.83. The molecule has 1 N–H and O–H groups in total. The molecule has 2 aromatic rings. The van der Waals surface area contributed by atoms with Crippen molar-refractivity contribution in [2.24, 2.45) is 0 Å². The molecule has 1 aliphatic heterocycles. The van der Waals surface area contributed by atoms with Crippen molar-refractivity contribution in [1.82, 2.24) is 10.2 Å². The molecule has 0 spiro atoms. The number of amides is 3. The highest BCUT2D eigenvalue weighted by molar-refractivity contribution is 6.05. The predicted molar refractivity (Wildman–Crippen MR) is 133 cm³/mol. The molecule has 7 heteroatoms. The smallest absolute Gasteiger partial charge is 0.250 e. The quantitative estimate of drug-likeness (QED) is 0.655. The average molecular weight is 480 g/mol. The van der Waals surface area contributed by atoms with E-state index in [4.69, 9.17) is 0 Å². The molecule has 2 fully saturated rings. The van der Waals surface area contributed by atoms with Crippen LogP contribution in [-0.4, -0.2) is 41.2 Å². The molecule has 2 aromatic carbocycles. The number of nitrogens with one attached hydrogen (secondary N) is 1. The molecule has 0 aromatic heterocycles. The second-order valence-electron chi connectivity index (χ2n) is 9.66. The van der Waals surface area contributed by atoms with Gasteiger partial charge in [0.1, 0.15) is 17.9 Å². The van der Waals surface area contributed by atoms with Gasteiger partial charge in [0.25, 0.3) is 5.91 Å². The Bertz CT molecular complexity index is 1080. The van der Waals surface area contributed by atoms with E-state index >= 15 is 0 Å². The van der Waals surface area contributed by atoms with Crippen LogP contribution >= 0.6 is 0 Å². The highest BCUT2D eigenvalue weighted by Crippen LogP contribution is 2.34.